The number of carbonyl (C=O) groups excluding carboxylic acids is 1. The van der Waals surface area contributed by atoms with E-state index in [2.05, 4.69) is 9.44 Å². The number of amides is 1. The molecule has 0 spiro atoms. The Morgan fingerprint density at radius 1 is 1.13 bits per heavy atom. The van der Waals surface area contributed by atoms with Gasteiger partial charge in [0.15, 0.2) is 0 Å². The molecular weight excluding hydrogens is 314 g/mol. The second-order valence-corrected chi connectivity index (χ2v) is 6.85. The number of rotatable bonds is 4. The average molecular weight is 331 g/mol. The number of carbonyl (C=O) groups is 1. The van der Waals surface area contributed by atoms with Crippen molar-refractivity contribution in [1.82, 2.24) is 4.72 Å². The molecule has 120 valence electrons. The lowest BCUT2D eigenvalue weighted by Crippen LogP contribution is -2.28. The van der Waals surface area contributed by atoms with Crippen LogP contribution in [-0.4, -0.2) is 27.9 Å². The lowest BCUT2D eigenvalue weighted by Gasteiger charge is -2.17. The van der Waals surface area contributed by atoms with Crippen molar-refractivity contribution in [3.05, 3.63) is 59.7 Å². The van der Waals surface area contributed by atoms with Gasteiger partial charge in [-0.1, -0.05) is 18.2 Å². The maximum Gasteiger partial charge on any atom is 0.298 e. The third-order valence-corrected chi connectivity index (χ3v) is 4.80. The van der Waals surface area contributed by atoms with Gasteiger partial charge in [-0.05, 0) is 42.3 Å². The lowest BCUT2D eigenvalue weighted by atomic mass is 10.1. The smallest absolute Gasteiger partial charge is 0.298 e. The van der Waals surface area contributed by atoms with E-state index in [1.807, 2.05) is 18.2 Å². The van der Waals surface area contributed by atoms with E-state index in [4.69, 9.17) is 0 Å². The molecule has 1 aliphatic heterocycles. The van der Waals surface area contributed by atoms with E-state index in [0.29, 0.717) is 24.2 Å². The SMILES string of the molecule is CNS(=O)(=O)Nc1ccc2c(c1)CCN2C(=O)c1ccccc1. The van der Waals surface area contributed by atoms with E-state index in [9.17, 15) is 13.2 Å². The first-order valence-corrected chi connectivity index (χ1v) is 8.69. The molecule has 0 aliphatic carbocycles. The van der Waals surface area contributed by atoms with Gasteiger partial charge in [0.2, 0.25) is 0 Å². The molecule has 0 aromatic heterocycles. The van der Waals surface area contributed by atoms with Crippen LogP contribution in [0.5, 0.6) is 0 Å². The second kappa shape index (κ2) is 6.02. The molecule has 0 saturated carbocycles. The van der Waals surface area contributed by atoms with Crippen molar-refractivity contribution in [2.24, 2.45) is 0 Å². The summed E-state index contributed by atoms with van der Waals surface area (Å²) in [6, 6.07) is 14.3. The Kier molecular flexibility index (Phi) is 4.06. The van der Waals surface area contributed by atoms with E-state index in [-0.39, 0.29) is 5.91 Å². The quantitative estimate of drug-likeness (QED) is 0.896. The zero-order valence-electron chi connectivity index (χ0n) is 12.6. The highest BCUT2D eigenvalue weighted by molar-refractivity contribution is 7.90. The first-order chi connectivity index (χ1) is 11.0. The van der Waals surface area contributed by atoms with Crippen LogP contribution < -0.4 is 14.3 Å². The Morgan fingerprint density at radius 3 is 2.57 bits per heavy atom. The van der Waals surface area contributed by atoms with Crippen LogP contribution >= 0.6 is 0 Å². The molecule has 2 aromatic carbocycles. The number of nitrogens with one attached hydrogen (secondary N) is 2. The summed E-state index contributed by atoms with van der Waals surface area (Å²) in [5.41, 5.74) is 2.89. The average Bonchev–Trinajstić information content (AvgIpc) is 2.97. The Balaban J connectivity index is 1.86. The highest BCUT2D eigenvalue weighted by Gasteiger charge is 2.25. The zero-order chi connectivity index (χ0) is 16.4. The van der Waals surface area contributed by atoms with Crippen molar-refractivity contribution in [1.29, 1.82) is 0 Å². The van der Waals surface area contributed by atoms with Crippen molar-refractivity contribution >= 4 is 27.5 Å². The van der Waals surface area contributed by atoms with Crippen molar-refractivity contribution in [2.75, 3.05) is 23.2 Å². The van der Waals surface area contributed by atoms with E-state index in [1.165, 1.54) is 7.05 Å². The molecule has 0 radical (unpaired) electrons. The molecule has 1 aliphatic rings. The summed E-state index contributed by atoms with van der Waals surface area (Å²) < 4.78 is 27.7. The van der Waals surface area contributed by atoms with E-state index < -0.39 is 10.2 Å². The number of benzene rings is 2. The van der Waals surface area contributed by atoms with Crippen LogP contribution in [0.4, 0.5) is 11.4 Å². The van der Waals surface area contributed by atoms with Crippen molar-refractivity contribution in [2.45, 2.75) is 6.42 Å². The van der Waals surface area contributed by atoms with E-state index in [0.717, 1.165) is 11.3 Å². The number of anilines is 2. The summed E-state index contributed by atoms with van der Waals surface area (Å²) in [4.78, 5) is 14.3. The molecular formula is C16H17N3O3S. The zero-order valence-corrected chi connectivity index (χ0v) is 13.4. The topological polar surface area (TPSA) is 78.5 Å². The van der Waals surface area contributed by atoms with Crippen LogP contribution in [0.1, 0.15) is 15.9 Å². The highest BCUT2D eigenvalue weighted by Crippen LogP contribution is 2.31. The highest BCUT2D eigenvalue weighted by atomic mass is 32.2. The number of fused-ring (bicyclic) bond motifs is 1. The van der Waals surface area contributed by atoms with Crippen molar-refractivity contribution in [3.8, 4) is 0 Å². The largest absolute Gasteiger partial charge is 0.308 e. The second-order valence-electron chi connectivity index (χ2n) is 5.23. The summed E-state index contributed by atoms with van der Waals surface area (Å²) in [6.45, 7) is 0.589. The molecule has 0 unspecified atom stereocenters. The third-order valence-electron chi connectivity index (χ3n) is 3.76. The third kappa shape index (κ3) is 3.20. The molecule has 2 aromatic rings. The standard InChI is InChI=1S/C16H17N3O3S/c1-17-23(21,22)18-14-7-8-15-13(11-14)9-10-19(15)16(20)12-5-3-2-4-6-12/h2-8,11,17-18H,9-10H2,1H3. The normalized spacial score (nSPS) is 13.7. The maximum absolute atomic E-state index is 12.6. The first kappa shape index (κ1) is 15.5. The molecule has 6 nitrogen and oxygen atoms in total. The Morgan fingerprint density at radius 2 is 1.87 bits per heavy atom. The summed E-state index contributed by atoms with van der Waals surface area (Å²) in [5.74, 6) is -0.0482. The molecule has 7 heteroatoms. The van der Waals surface area contributed by atoms with Crippen LogP contribution in [0.3, 0.4) is 0 Å². The fraction of sp³-hybridized carbons (Fsp3) is 0.188. The molecule has 0 fully saturated rings. The van der Waals surface area contributed by atoms with Gasteiger partial charge in [0.25, 0.3) is 16.1 Å². The van der Waals surface area contributed by atoms with Gasteiger partial charge in [0.1, 0.15) is 0 Å². The Bertz CT molecular complexity index is 835. The molecule has 1 amide bonds. The molecule has 23 heavy (non-hydrogen) atoms. The van der Waals surface area contributed by atoms with Crippen LogP contribution in [0, 0.1) is 0 Å². The molecule has 0 bridgehead atoms. The number of nitrogens with zero attached hydrogens (tertiary/aromatic N) is 1. The summed E-state index contributed by atoms with van der Waals surface area (Å²) in [7, 11) is -2.20. The lowest BCUT2D eigenvalue weighted by molar-refractivity contribution is 0.0989. The number of hydrogen-bond acceptors (Lipinski definition) is 3. The van der Waals surface area contributed by atoms with Gasteiger partial charge in [-0.3, -0.25) is 9.52 Å². The Labute approximate surface area is 135 Å². The molecule has 0 saturated heterocycles. The van der Waals surface area contributed by atoms with Crippen molar-refractivity contribution in [3.63, 3.8) is 0 Å². The van der Waals surface area contributed by atoms with Gasteiger partial charge < -0.3 is 4.90 Å². The molecule has 3 rings (SSSR count). The molecule has 2 N–H and O–H groups in total. The van der Waals surface area contributed by atoms with Gasteiger partial charge >= 0.3 is 0 Å². The van der Waals surface area contributed by atoms with Gasteiger partial charge in [-0.15, -0.1) is 0 Å². The van der Waals surface area contributed by atoms with E-state index in [1.54, 1.807) is 35.2 Å². The van der Waals surface area contributed by atoms with Gasteiger partial charge in [-0.2, -0.15) is 8.42 Å². The minimum absolute atomic E-state index is 0.0482. The van der Waals surface area contributed by atoms with Crippen LogP contribution in [0.2, 0.25) is 0 Å². The van der Waals surface area contributed by atoms with Gasteiger partial charge in [0.05, 0.1) is 5.69 Å². The minimum Gasteiger partial charge on any atom is -0.308 e. The molecule has 1 heterocycles. The van der Waals surface area contributed by atoms with E-state index >= 15 is 0 Å². The monoisotopic (exact) mass is 331 g/mol. The number of hydrogen-bond donors (Lipinski definition) is 2. The molecule has 0 atom stereocenters. The Hall–Kier alpha value is -2.38. The first-order valence-electron chi connectivity index (χ1n) is 7.21. The summed E-state index contributed by atoms with van der Waals surface area (Å²) in [5, 5.41) is 0. The maximum atomic E-state index is 12.6. The van der Waals surface area contributed by atoms with Gasteiger partial charge in [-0.25, -0.2) is 4.72 Å². The fourth-order valence-corrected chi connectivity index (χ4v) is 3.16. The summed E-state index contributed by atoms with van der Waals surface area (Å²) >= 11 is 0. The van der Waals surface area contributed by atoms with Crippen LogP contribution in [0.15, 0.2) is 48.5 Å². The van der Waals surface area contributed by atoms with Crippen molar-refractivity contribution < 1.29 is 13.2 Å². The van der Waals surface area contributed by atoms with Gasteiger partial charge in [0, 0.05) is 24.8 Å². The van der Waals surface area contributed by atoms with Crippen LogP contribution in [-0.2, 0) is 16.6 Å². The summed E-state index contributed by atoms with van der Waals surface area (Å²) in [6.07, 6.45) is 0.697. The predicted octanol–water partition coefficient (Wildman–Crippen LogP) is 1.77. The fourth-order valence-electron chi connectivity index (χ4n) is 2.62. The predicted molar refractivity (Wildman–Crippen MR) is 89.9 cm³/mol. The minimum atomic E-state index is -3.54. The van der Waals surface area contributed by atoms with Crippen LogP contribution in [0.25, 0.3) is 0 Å².